The molecule has 4 unspecified atom stereocenters. The summed E-state index contributed by atoms with van der Waals surface area (Å²) < 4.78 is 5.63. The number of aromatic nitrogens is 2. The van der Waals surface area contributed by atoms with Crippen molar-refractivity contribution in [2.45, 2.75) is 63.6 Å². The van der Waals surface area contributed by atoms with E-state index in [2.05, 4.69) is 22.4 Å². The van der Waals surface area contributed by atoms with E-state index in [4.69, 9.17) is 4.52 Å². The first-order valence-electron chi connectivity index (χ1n) is 10.0. The van der Waals surface area contributed by atoms with Crippen LogP contribution in [0.25, 0.3) is 0 Å². The van der Waals surface area contributed by atoms with E-state index in [0.717, 1.165) is 18.4 Å². The van der Waals surface area contributed by atoms with Crippen LogP contribution in [0, 0.1) is 5.92 Å². The van der Waals surface area contributed by atoms with E-state index in [1.54, 1.807) is 0 Å². The largest absolute Gasteiger partial charge is 0.337 e. The van der Waals surface area contributed by atoms with Crippen LogP contribution in [0.15, 0.2) is 34.9 Å². The van der Waals surface area contributed by atoms with Crippen molar-refractivity contribution < 1.29 is 9.32 Å². The zero-order valence-corrected chi connectivity index (χ0v) is 16.1. The van der Waals surface area contributed by atoms with Gasteiger partial charge in [0.2, 0.25) is 5.89 Å². The summed E-state index contributed by atoms with van der Waals surface area (Å²) in [5.74, 6) is 1.90. The Labute approximate surface area is 160 Å². The molecular weight excluding hydrogens is 340 g/mol. The van der Waals surface area contributed by atoms with Gasteiger partial charge in [-0.25, -0.2) is 0 Å². The van der Waals surface area contributed by atoms with Gasteiger partial charge in [0.1, 0.15) is 6.04 Å². The Bertz CT molecular complexity index is 775. The van der Waals surface area contributed by atoms with Gasteiger partial charge in [-0.2, -0.15) is 4.98 Å². The lowest BCUT2D eigenvalue weighted by molar-refractivity contribution is 0.0588. The zero-order valence-electron chi connectivity index (χ0n) is 16.1. The van der Waals surface area contributed by atoms with Crippen molar-refractivity contribution in [2.24, 2.45) is 5.92 Å². The Balaban J connectivity index is 1.62. The highest BCUT2D eigenvalue weighted by atomic mass is 16.5. The van der Waals surface area contributed by atoms with E-state index in [-0.39, 0.29) is 24.0 Å². The molecule has 4 atom stereocenters. The summed E-state index contributed by atoms with van der Waals surface area (Å²) in [4.78, 5) is 20.0. The van der Waals surface area contributed by atoms with Crippen LogP contribution in [0.3, 0.4) is 0 Å². The fraction of sp³-hybridized carbons (Fsp3) is 0.571. The maximum absolute atomic E-state index is 13.3. The molecule has 1 aliphatic carbocycles. The number of amides is 1. The highest BCUT2D eigenvalue weighted by molar-refractivity contribution is 5.94. The SMILES string of the molecule is CNC(C)Cc1noc(C2CC3CCCCC3N2C(=O)c2ccccc2)n1. The first kappa shape index (κ1) is 18.2. The number of carbonyl (C=O) groups is 1. The monoisotopic (exact) mass is 368 g/mol. The number of rotatable bonds is 5. The van der Waals surface area contributed by atoms with Crippen LogP contribution in [0.4, 0.5) is 0 Å². The average Bonchev–Trinajstić information content (AvgIpc) is 3.32. The lowest BCUT2D eigenvalue weighted by Gasteiger charge is -2.33. The van der Waals surface area contributed by atoms with Crippen molar-refractivity contribution in [2.75, 3.05) is 7.05 Å². The summed E-state index contributed by atoms with van der Waals surface area (Å²) in [7, 11) is 1.92. The summed E-state index contributed by atoms with van der Waals surface area (Å²) in [6.45, 7) is 2.09. The van der Waals surface area contributed by atoms with Gasteiger partial charge in [0.05, 0.1) is 0 Å². The molecule has 1 N–H and O–H groups in total. The van der Waals surface area contributed by atoms with Crippen LogP contribution in [0.1, 0.15) is 67.1 Å². The fourth-order valence-corrected chi connectivity index (χ4v) is 4.56. The summed E-state index contributed by atoms with van der Waals surface area (Å²) in [5.41, 5.74) is 0.734. The molecule has 4 rings (SSSR count). The standard InChI is InChI=1S/C21H28N4O2/c1-14(22-2)12-19-23-20(27-24-19)18-13-16-10-6-7-11-17(16)25(18)21(26)15-8-4-3-5-9-15/h3-5,8-9,14,16-18,22H,6-7,10-13H2,1-2H3. The van der Waals surface area contributed by atoms with Crippen LogP contribution in [-0.2, 0) is 6.42 Å². The number of hydrogen-bond donors (Lipinski definition) is 1. The number of nitrogens with zero attached hydrogens (tertiary/aromatic N) is 3. The quantitative estimate of drug-likeness (QED) is 0.876. The summed E-state index contributed by atoms with van der Waals surface area (Å²) in [6, 6.07) is 10.0. The van der Waals surface area contributed by atoms with Crippen LogP contribution < -0.4 is 5.32 Å². The van der Waals surface area contributed by atoms with E-state index in [1.807, 2.05) is 42.3 Å². The molecule has 6 heteroatoms. The third-order valence-electron chi connectivity index (χ3n) is 6.09. The van der Waals surface area contributed by atoms with Crippen LogP contribution in [0.2, 0.25) is 0 Å². The van der Waals surface area contributed by atoms with E-state index >= 15 is 0 Å². The third kappa shape index (κ3) is 3.63. The normalized spacial score (nSPS) is 26.0. The molecule has 6 nitrogen and oxygen atoms in total. The molecule has 1 aromatic heterocycles. The van der Waals surface area contributed by atoms with E-state index < -0.39 is 0 Å². The molecule has 1 saturated heterocycles. The number of benzene rings is 1. The molecule has 27 heavy (non-hydrogen) atoms. The Morgan fingerprint density at radius 1 is 1.30 bits per heavy atom. The number of carbonyl (C=O) groups excluding carboxylic acids is 1. The van der Waals surface area contributed by atoms with Gasteiger partial charge in [0.25, 0.3) is 5.91 Å². The van der Waals surface area contributed by atoms with Gasteiger partial charge < -0.3 is 14.7 Å². The molecule has 0 spiro atoms. The Kier molecular flexibility index (Phi) is 5.25. The second kappa shape index (κ2) is 7.80. The predicted molar refractivity (Wildman–Crippen MR) is 102 cm³/mol. The molecule has 0 radical (unpaired) electrons. The van der Waals surface area contributed by atoms with Gasteiger partial charge in [0.15, 0.2) is 5.82 Å². The Morgan fingerprint density at radius 3 is 2.85 bits per heavy atom. The lowest BCUT2D eigenvalue weighted by Crippen LogP contribution is -2.40. The van der Waals surface area contributed by atoms with Gasteiger partial charge in [0, 0.05) is 24.1 Å². The smallest absolute Gasteiger partial charge is 0.254 e. The number of likely N-dealkylation sites (N-methyl/N-ethyl adjacent to an activating group) is 1. The summed E-state index contributed by atoms with van der Waals surface area (Å²) in [6.07, 6.45) is 6.31. The molecule has 1 aromatic carbocycles. The third-order valence-corrected chi connectivity index (χ3v) is 6.09. The minimum absolute atomic E-state index is 0.0818. The minimum atomic E-state index is -0.114. The number of likely N-dealkylation sites (tertiary alicyclic amines) is 1. The van der Waals surface area contributed by atoms with Crippen molar-refractivity contribution in [3.63, 3.8) is 0 Å². The van der Waals surface area contributed by atoms with Crippen LogP contribution in [0.5, 0.6) is 0 Å². The fourth-order valence-electron chi connectivity index (χ4n) is 4.56. The Morgan fingerprint density at radius 2 is 2.07 bits per heavy atom. The molecule has 2 heterocycles. The molecule has 1 amide bonds. The maximum atomic E-state index is 13.3. The predicted octanol–water partition coefficient (Wildman–Crippen LogP) is 3.37. The van der Waals surface area contributed by atoms with Crippen molar-refractivity contribution in [3.05, 3.63) is 47.6 Å². The molecule has 0 bridgehead atoms. The molecule has 1 saturated carbocycles. The van der Waals surface area contributed by atoms with Crippen molar-refractivity contribution >= 4 is 5.91 Å². The van der Waals surface area contributed by atoms with Gasteiger partial charge in [-0.1, -0.05) is 36.2 Å². The first-order valence-corrected chi connectivity index (χ1v) is 10.0. The van der Waals surface area contributed by atoms with Gasteiger partial charge >= 0.3 is 0 Å². The molecule has 144 valence electrons. The van der Waals surface area contributed by atoms with E-state index in [0.29, 0.717) is 24.1 Å². The van der Waals surface area contributed by atoms with Gasteiger partial charge in [-0.3, -0.25) is 4.79 Å². The first-order chi connectivity index (χ1) is 13.2. The average molecular weight is 368 g/mol. The van der Waals surface area contributed by atoms with Crippen molar-refractivity contribution in [1.29, 1.82) is 0 Å². The van der Waals surface area contributed by atoms with E-state index in [9.17, 15) is 4.79 Å². The molecule has 2 aliphatic rings. The second-order valence-corrected chi connectivity index (χ2v) is 7.88. The number of hydrogen-bond acceptors (Lipinski definition) is 5. The number of nitrogens with one attached hydrogen (secondary N) is 1. The Hall–Kier alpha value is -2.21. The zero-order chi connectivity index (χ0) is 18.8. The van der Waals surface area contributed by atoms with E-state index in [1.165, 1.54) is 19.3 Å². The summed E-state index contributed by atoms with van der Waals surface area (Å²) in [5, 5.41) is 7.36. The minimum Gasteiger partial charge on any atom is -0.337 e. The lowest BCUT2D eigenvalue weighted by atomic mass is 9.84. The highest BCUT2D eigenvalue weighted by Gasteiger charge is 2.47. The van der Waals surface area contributed by atoms with Gasteiger partial charge in [-0.15, -0.1) is 0 Å². The summed E-state index contributed by atoms with van der Waals surface area (Å²) >= 11 is 0. The van der Waals surface area contributed by atoms with Crippen molar-refractivity contribution in [3.8, 4) is 0 Å². The molecule has 2 fully saturated rings. The number of fused-ring (bicyclic) bond motifs is 1. The molecular formula is C21H28N4O2. The molecule has 2 aromatic rings. The van der Waals surface area contributed by atoms with Gasteiger partial charge in [-0.05, 0) is 51.3 Å². The highest BCUT2D eigenvalue weighted by Crippen LogP contribution is 2.46. The van der Waals surface area contributed by atoms with Crippen LogP contribution >= 0.6 is 0 Å². The maximum Gasteiger partial charge on any atom is 0.254 e. The van der Waals surface area contributed by atoms with Crippen molar-refractivity contribution in [1.82, 2.24) is 20.4 Å². The molecule has 1 aliphatic heterocycles. The second-order valence-electron chi connectivity index (χ2n) is 7.88. The topological polar surface area (TPSA) is 71.3 Å². The van der Waals surface area contributed by atoms with Crippen LogP contribution in [-0.4, -0.2) is 40.1 Å².